The van der Waals surface area contributed by atoms with Crippen molar-refractivity contribution >= 4 is 5.91 Å². The van der Waals surface area contributed by atoms with Gasteiger partial charge in [-0.1, -0.05) is 0 Å². The molecule has 0 radical (unpaired) electrons. The molecule has 2 fully saturated rings. The highest BCUT2D eigenvalue weighted by atomic mass is 16.5. The molecule has 1 saturated carbocycles. The fraction of sp³-hybridized carbons (Fsp3) is 0.571. The molecule has 0 N–H and O–H groups in total. The third-order valence-electron chi connectivity index (χ3n) is 5.79. The van der Waals surface area contributed by atoms with E-state index < -0.39 is 0 Å². The van der Waals surface area contributed by atoms with Crippen molar-refractivity contribution in [3.8, 4) is 11.5 Å². The summed E-state index contributed by atoms with van der Waals surface area (Å²) in [5.41, 5.74) is 0.611. The Morgan fingerprint density at radius 2 is 1.89 bits per heavy atom. The van der Waals surface area contributed by atoms with Crippen LogP contribution in [0.25, 0.3) is 0 Å². The van der Waals surface area contributed by atoms with Gasteiger partial charge >= 0.3 is 0 Å². The molecule has 1 amide bonds. The number of hydrogen-bond donors (Lipinski definition) is 0. The lowest BCUT2D eigenvalue weighted by Crippen LogP contribution is -2.36. The lowest BCUT2D eigenvalue weighted by molar-refractivity contribution is 0.0729. The summed E-state index contributed by atoms with van der Waals surface area (Å²) in [6.45, 7) is 1.82. The predicted octanol–water partition coefficient (Wildman–Crippen LogP) is 2.94. The smallest absolute Gasteiger partial charge is 0.254 e. The van der Waals surface area contributed by atoms with Gasteiger partial charge < -0.3 is 18.9 Å². The van der Waals surface area contributed by atoms with Crippen LogP contribution >= 0.6 is 0 Å². The van der Waals surface area contributed by atoms with Gasteiger partial charge in [0.25, 0.3) is 5.91 Å². The first-order valence-electron chi connectivity index (χ1n) is 10.1. The molecule has 7 nitrogen and oxygen atoms in total. The first-order chi connectivity index (χ1) is 13.7. The highest BCUT2D eigenvalue weighted by Crippen LogP contribution is 2.31. The van der Waals surface area contributed by atoms with Crippen molar-refractivity contribution in [2.24, 2.45) is 5.92 Å². The minimum Gasteiger partial charge on any atom is -0.497 e. The van der Waals surface area contributed by atoms with Crippen LogP contribution in [0, 0.1) is 5.92 Å². The van der Waals surface area contributed by atoms with Gasteiger partial charge in [0.2, 0.25) is 0 Å². The Bertz CT molecular complexity index is 809. The summed E-state index contributed by atoms with van der Waals surface area (Å²) in [6.07, 6.45) is 8.29. The van der Waals surface area contributed by atoms with E-state index in [0.29, 0.717) is 17.1 Å². The van der Waals surface area contributed by atoms with Crippen LogP contribution in [0.2, 0.25) is 0 Å². The third-order valence-corrected chi connectivity index (χ3v) is 5.79. The quantitative estimate of drug-likeness (QED) is 0.700. The van der Waals surface area contributed by atoms with E-state index in [0.717, 1.165) is 50.5 Å². The van der Waals surface area contributed by atoms with Gasteiger partial charge in [0.05, 0.1) is 14.2 Å². The molecule has 0 bridgehead atoms. The van der Waals surface area contributed by atoms with Crippen LogP contribution in [-0.4, -0.2) is 52.4 Å². The molecular weight excluding hydrogens is 356 g/mol. The van der Waals surface area contributed by atoms with Gasteiger partial charge in [0.1, 0.15) is 23.7 Å². The van der Waals surface area contributed by atoms with Crippen LogP contribution in [-0.2, 0) is 13.0 Å². The maximum absolute atomic E-state index is 13.2. The van der Waals surface area contributed by atoms with Gasteiger partial charge in [0, 0.05) is 37.2 Å². The Kier molecular flexibility index (Phi) is 5.50. The minimum absolute atomic E-state index is 0.0409. The fourth-order valence-corrected chi connectivity index (χ4v) is 4.00. The molecule has 0 spiro atoms. The third kappa shape index (κ3) is 4.13. The zero-order valence-corrected chi connectivity index (χ0v) is 16.6. The average Bonchev–Trinajstić information content (AvgIpc) is 3.23. The van der Waals surface area contributed by atoms with E-state index in [-0.39, 0.29) is 11.9 Å². The van der Waals surface area contributed by atoms with Gasteiger partial charge in [-0.15, -0.1) is 10.2 Å². The maximum Gasteiger partial charge on any atom is 0.254 e. The van der Waals surface area contributed by atoms with E-state index in [4.69, 9.17) is 9.47 Å². The number of carbonyl (C=O) groups is 1. The summed E-state index contributed by atoms with van der Waals surface area (Å²) in [4.78, 5) is 15.2. The number of rotatable bonds is 8. The summed E-state index contributed by atoms with van der Waals surface area (Å²) in [5.74, 6) is 3.13. The van der Waals surface area contributed by atoms with Crippen molar-refractivity contribution in [2.45, 2.75) is 51.1 Å². The van der Waals surface area contributed by atoms with E-state index in [2.05, 4.69) is 14.8 Å². The Labute approximate surface area is 165 Å². The van der Waals surface area contributed by atoms with E-state index in [1.54, 1.807) is 32.4 Å². The van der Waals surface area contributed by atoms with Gasteiger partial charge in [-0.3, -0.25) is 4.79 Å². The molecule has 2 heterocycles. The van der Waals surface area contributed by atoms with Crippen LogP contribution < -0.4 is 9.47 Å². The Morgan fingerprint density at radius 1 is 1.14 bits per heavy atom. The molecule has 1 atom stereocenters. The molecule has 1 unspecified atom stereocenters. The number of methoxy groups -OCH3 is 2. The second kappa shape index (κ2) is 8.20. The second-order valence-corrected chi connectivity index (χ2v) is 7.78. The standard InChI is InChI=1S/C21H28N4O3/c1-27-18-10-16(11-19(12-18)28-2)21(26)25-9-3-4-17(25)7-8-20-23-22-14-24(20)13-15-5-6-15/h10-12,14-15,17H,3-9,13H2,1-2H3. The van der Waals surface area contributed by atoms with Crippen LogP contribution in [0.4, 0.5) is 0 Å². The zero-order valence-electron chi connectivity index (χ0n) is 16.6. The Morgan fingerprint density at radius 3 is 2.57 bits per heavy atom. The number of amides is 1. The average molecular weight is 384 g/mol. The van der Waals surface area contributed by atoms with Crippen LogP contribution in [0.1, 0.15) is 48.3 Å². The molecule has 7 heteroatoms. The molecule has 1 aromatic carbocycles. The van der Waals surface area contributed by atoms with E-state index in [1.807, 2.05) is 11.2 Å². The monoisotopic (exact) mass is 384 g/mol. The van der Waals surface area contributed by atoms with Crippen LogP contribution in [0.15, 0.2) is 24.5 Å². The number of benzene rings is 1. The highest BCUT2D eigenvalue weighted by Gasteiger charge is 2.30. The van der Waals surface area contributed by atoms with Gasteiger partial charge in [-0.2, -0.15) is 0 Å². The lowest BCUT2D eigenvalue weighted by Gasteiger charge is -2.25. The van der Waals surface area contributed by atoms with Gasteiger partial charge in [-0.05, 0) is 50.2 Å². The minimum atomic E-state index is 0.0409. The van der Waals surface area contributed by atoms with Crippen LogP contribution in [0.5, 0.6) is 11.5 Å². The number of ether oxygens (including phenoxy) is 2. The summed E-state index contributed by atoms with van der Waals surface area (Å²) >= 11 is 0. The molecule has 1 aliphatic carbocycles. The molecule has 2 aromatic rings. The number of aryl methyl sites for hydroxylation is 1. The highest BCUT2D eigenvalue weighted by molar-refractivity contribution is 5.95. The zero-order chi connectivity index (χ0) is 19.5. The number of aromatic nitrogens is 3. The van der Waals surface area contributed by atoms with Crippen molar-refractivity contribution in [2.75, 3.05) is 20.8 Å². The molecule has 2 aliphatic rings. The normalized spacial score (nSPS) is 19.1. The van der Waals surface area contributed by atoms with Gasteiger partial charge in [-0.25, -0.2) is 0 Å². The molecule has 1 aliphatic heterocycles. The Hall–Kier alpha value is -2.57. The summed E-state index contributed by atoms with van der Waals surface area (Å²) < 4.78 is 12.8. The molecule has 150 valence electrons. The number of hydrogen-bond acceptors (Lipinski definition) is 5. The fourth-order valence-electron chi connectivity index (χ4n) is 4.00. The van der Waals surface area contributed by atoms with E-state index in [1.165, 1.54) is 12.8 Å². The number of carbonyl (C=O) groups excluding carboxylic acids is 1. The SMILES string of the molecule is COc1cc(OC)cc(C(=O)N2CCCC2CCc2nncn2CC2CC2)c1. The predicted molar refractivity (Wildman–Crippen MR) is 105 cm³/mol. The molecule has 1 saturated heterocycles. The van der Waals surface area contributed by atoms with Crippen molar-refractivity contribution in [1.82, 2.24) is 19.7 Å². The summed E-state index contributed by atoms with van der Waals surface area (Å²) in [5, 5.41) is 8.40. The first kappa shape index (κ1) is 18.8. The van der Waals surface area contributed by atoms with Crippen LogP contribution in [0.3, 0.4) is 0 Å². The topological polar surface area (TPSA) is 69.5 Å². The van der Waals surface area contributed by atoms with Crippen molar-refractivity contribution in [1.29, 1.82) is 0 Å². The molecule has 4 rings (SSSR count). The van der Waals surface area contributed by atoms with Crippen molar-refractivity contribution in [3.63, 3.8) is 0 Å². The second-order valence-electron chi connectivity index (χ2n) is 7.78. The summed E-state index contributed by atoms with van der Waals surface area (Å²) in [6, 6.07) is 5.58. The number of likely N-dealkylation sites (tertiary alicyclic amines) is 1. The lowest BCUT2D eigenvalue weighted by atomic mass is 10.1. The van der Waals surface area contributed by atoms with Crippen molar-refractivity contribution in [3.05, 3.63) is 35.9 Å². The molecular formula is C21H28N4O3. The van der Waals surface area contributed by atoms with E-state index >= 15 is 0 Å². The van der Waals surface area contributed by atoms with E-state index in [9.17, 15) is 4.79 Å². The molecule has 1 aromatic heterocycles. The summed E-state index contributed by atoms with van der Waals surface area (Å²) in [7, 11) is 3.19. The molecule has 28 heavy (non-hydrogen) atoms. The Balaban J connectivity index is 1.43. The first-order valence-corrected chi connectivity index (χ1v) is 10.1. The maximum atomic E-state index is 13.2. The van der Waals surface area contributed by atoms with Gasteiger partial charge in [0.15, 0.2) is 0 Å². The number of nitrogens with zero attached hydrogens (tertiary/aromatic N) is 4. The van der Waals surface area contributed by atoms with Crippen molar-refractivity contribution < 1.29 is 14.3 Å². The largest absolute Gasteiger partial charge is 0.497 e.